The summed E-state index contributed by atoms with van der Waals surface area (Å²) in [5, 5.41) is 4.13. The van der Waals surface area contributed by atoms with Crippen LogP contribution in [-0.2, 0) is 0 Å². The van der Waals surface area contributed by atoms with E-state index in [1.807, 2.05) is 6.07 Å². The Morgan fingerprint density at radius 1 is 1.32 bits per heavy atom. The van der Waals surface area contributed by atoms with E-state index < -0.39 is 0 Å². The Labute approximate surface area is 119 Å². The molecule has 2 fully saturated rings. The average molecular weight is 282 g/mol. The lowest BCUT2D eigenvalue weighted by atomic mass is 10.0. The van der Waals surface area contributed by atoms with Crippen LogP contribution in [0.2, 0.25) is 5.02 Å². The third kappa shape index (κ3) is 2.98. The minimum absolute atomic E-state index is 0.392. The van der Waals surface area contributed by atoms with Crippen LogP contribution in [0.1, 0.15) is 37.3 Å². The van der Waals surface area contributed by atoms with E-state index in [-0.39, 0.29) is 0 Å². The first-order valence-electron chi connectivity index (χ1n) is 7.01. The zero-order valence-corrected chi connectivity index (χ0v) is 12.0. The summed E-state index contributed by atoms with van der Waals surface area (Å²) in [5.74, 6) is 2.15. The summed E-state index contributed by atoms with van der Waals surface area (Å²) >= 11 is 6.36. The van der Waals surface area contributed by atoms with Gasteiger partial charge in [0.15, 0.2) is 11.5 Å². The van der Waals surface area contributed by atoms with Gasteiger partial charge in [-0.2, -0.15) is 0 Å². The lowest BCUT2D eigenvalue weighted by Crippen LogP contribution is -2.13. The fraction of sp³-hybridized carbons (Fsp3) is 0.600. The van der Waals surface area contributed by atoms with E-state index in [2.05, 4.69) is 11.4 Å². The molecule has 3 rings (SSSR count). The minimum Gasteiger partial charge on any atom is -0.493 e. The third-order valence-electron chi connectivity index (χ3n) is 3.87. The van der Waals surface area contributed by atoms with Crippen LogP contribution in [0.4, 0.5) is 0 Å². The summed E-state index contributed by atoms with van der Waals surface area (Å²) < 4.78 is 11.3. The zero-order valence-electron chi connectivity index (χ0n) is 11.2. The minimum atomic E-state index is 0.392. The molecule has 1 saturated heterocycles. The Bertz CT molecular complexity index is 454. The molecule has 0 spiro atoms. The molecule has 1 aromatic carbocycles. The fourth-order valence-corrected chi connectivity index (χ4v) is 2.81. The van der Waals surface area contributed by atoms with Gasteiger partial charge in [-0.15, -0.1) is 0 Å². The molecule has 4 heteroatoms. The molecule has 0 amide bonds. The second kappa shape index (κ2) is 5.59. The van der Waals surface area contributed by atoms with E-state index in [4.69, 9.17) is 21.1 Å². The molecule has 1 aromatic rings. The van der Waals surface area contributed by atoms with Crippen LogP contribution in [0.3, 0.4) is 0 Å². The number of ether oxygens (including phenoxy) is 2. The van der Waals surface area contributed by atoms with Crippen molar-refractivity contribution in [1.82, 2.24) is 5.32 Å². The van der Waals surface area contributed by atoms with Crippen molar-refractivity contribution >= 4 is 11.6 Å². The van der Waals surface area contributed by atoms with Gasteiger partial charge >= 0.3 is 0 Å². The van der Waals surface area contributed by atoms with E-state index in [1.54, 1.807) is 7.11 Å². The number of nitrogens with one attached hydrogen (secondary N) is 1. The Balaban J connectivity index is 1.82. The second-order valence-electron chi connectivity index (χ2n) is 5.44. The van der Waals surface area contributed by atoms with Crippen LogP contribution in [0.25, 0.3) is 0 Å². The number of halogens is 1. The SMILES string of the molecule is COc1cc(C2CCCN2)cc(Cl)c1OCC1CC1. The molecule has 1 aliphatic carbocycles. The van der Waals surface area contributed by atoms with Crippen molar-refractivity contribution in [1.29, 1.82) is 0 Å². The second-order valence-corrected chi connectivity index (χ2v) is 5.84. The average Bonchev–Trinajstić information content (AvgIpc) is 3.08. The van der Waals surface area contributed by atoms with Gasteiger partial charge in [-0.25, -0.2) is 0 Å². The molecule has 1 heterocycles. The summed E-state index contributed by atoms with van der Waals surface area (Å²) in [6.45, 7) is 1.82. The van der Waals surface area contributed by atoms with Crippen molar-refractivity contribution in [3.63, 3.8) is 0 Å². The molecule has 19 heavy (non-hydrogen) atoms. The zero-order chi connectivity index (χ0) is 13.2. The quantitative estimate of drug-likeness (QED) is 0.895. The Morgan fingerprint density at radius 3 is 2.79 bits per heavy atom. The molecule has 104 valence electrons. The van der Waals surface area contributed by atoms with Crippen molar-refractivity contribution < 1.29 is 9.47 Å². The van der Waals surface area contributed by atoms with Gasteiger partial charge in [-0.3, -0.25) is 0 Å². The number of hydrogen-bond acceptors (Lipinski definition) is 3. The fourth-order valence-electron chi connectivity index (χ4n) is 2.54. The highest BCUT2D eigenvalue weighted by Gasteiger charge is 2.24. The van der Waals surface area contributed by atoms with Gasteiger partial charge in [0.2, 0.25) is 0 Å². The summed E-state index contributed by atoms with van der Waals surface area (Å²) in [4.78, 5) is 0. The molecular formula is C15H20ClNO2. The normalized spacial score (nSPS) is 22.5. The van der Waals surface area contributed by atoms with E-state index >= 15 is 0 Å². The van der Waals surface area contributed by atoms with Gasteiger partial charge in [-0.1, -0.05) is 11.6 Å². The number of benzene rings is 1. The van der Waals surface area contributed by atoms with Gasteiger partial charge in [0.25, 0.3) is 0 Å². The largest absolute Gasteiger partial charge is 0.493 e. The van der Waals surface area contributed by atoms with Crippen LogP contribution in [0.5, 0.6) is 11.5 Å². The Morgan fingerprint density at radius 2 is 2.16 bits per heavy atom. The maximum absolute atomic E-state index is 6.36. The smallest absolute Gasteiger partial charge is 0.179 e. The molecule has 1 unspecified atom stereocenters. The van der Waals surface area contributed by atoms with E-state index in [0.717, 1.165) is 25.3 Å². The highest BCUT2D eigenvalue weighted by molar-refractivity contribution is 6.32. The predicted molar refractivity (Wildman–Crippen MR) is 76.2 cm³/mol. The Hall–Kier alpha value is -0.930. The Kier molecular flexibility index (Phi) is 3.85. The molecule has 3 nitrogen and oxygen atoms in total. The first-order chi connectivity index (χ1) is 9.28. The van der Waals surface area contributed by atoms with Crippen LogP contribution in [0.15, 0.2) is 12.1 Å². The van der Waals surface area contributed by atoms with Crippen molar-refractivity contribution in [2.24, 2.45) is 5.92 Å². The molecule has 1 atom stereocenters. The highest BCUT2D eigenvalue weighted by atomic mass is 35.5. The van der Waals surface area contributed by atoms with Gasteiger partial charge in [0.1, 0.15) is 0 Å². The molecule has 1 N–H and O–H groups in total. The summed E-state index contributed by atoms with van der Waals surface area (Å²) in [6, 6.07) is 4.45. The van der Waals surface area contributed by atoms with Gasteiger partial charge in [-0.05, 0) is 55.8 Å². The maximum Gasteiger partial charge on any atom is 0.179 e. The third-order valence-corrected chi connectivity index (χ3v) is 4.16. The first-order valence-corrected chi connectivity index (χ1v) is 7.39. The van der Waals surface area contributed by atoms with Gasteiger partial charge < -0.3 is 14.8 Å². The summed E-state index contributed by atoms with van der Waals surface area (Å²) in [5.41, 5.74) is 1.19. The standard InChI is InChI=1S/C15H20ClNO2/c1-18-14-8-11(13-3-2-6-17-13)7-12(16)15(14)19-9-10-4-5-10/h7-8,10,13,17H,2-6,9H2,1H3. The molecule has 1 aliphatic heterocycles. The van der Waals surface area contributed by atoms with Crippen molar-refractivity contribution in [3.8, 4) is 11.5 Å². The molecule has 0 aromatic heterocycles. The molecule has 1 saturated carbocycles. The van der Waals surface area contributed by atoms with Crippen molar-refractivity contribution in [2.75, 3.05) is 20.3 Å². The number of methoxy groups -OCH3 is 1. The number of rotatable bonds is 5. The van der Waals surface area contributed by atoms with Crippen molar-refractivity contribution in [2.45, 2.75) is 31.7 Å². The lowest BCUT2D eigenvalue weighted by Gasteiger charge is -2.17. The summed E-state index contributed by atoms with van der Waals surface area (Å²) in [7, 11) is 1.67. The van der Waals surface area contributed by atoms with E-state index in [0.29, 0.717) is 22.7 Å². The van der Waals surface area contributed by atoms with Gasteiger partial charge in [0, 0.05) is 6.04 Å². The molecular weight excluding hydrogens is 262 g/mol. The van der Waals surface area contributed by atoms with Gasteiger partial charge in [0.05, 0.1) is 18.7 Å². The lowest BCUT2D eigenvalue weighted by molar-refractivity contribution is 0.280. The predicted octanol–water partition coefficient (Wildman–Crippen LogP) is 3.56. The van der Waals surface area contributed by atoms with Crippen LogP contribution >= 0.6 is 11.6 Å². The van der Waals surface area contributed by atoms with Crippen LogP contribution in [-0.4, -0.2) is 20.3 Å². The molecule has 0 bridgehead atoms. The maximum atomic E-state index is 6.36. The first kappa shape index (κ1) is 13.1. The van der Waals surface area contributed by atoms with Crippen LogP contribution in [0, 0.1) is 5.92 Å². The monoisotopic (exact) mass is 281 g/mol. The van der Waals surface area contributed by atoms with Crippen LogP contribution < -0.4 is 14.8 Å². The molecule has 0 radical (unpaired) electrons. The van der Waals surface area contributed by atoms with Crippen molar-refractivity contribution in [3.05, 3.63) is 22.7 Å². The van der Waals surface area contributed by atoms with E-state index in [9.17, 15) is 0 Å². The molecule has 2 aliphatic rings. The highest BCUT2D eigenvalue weighted by Crippen LogP contribution is 2.40. The topological polar surface area (TPSA) is 30.5 Å². The summed E-state index contributed by atoms with van der Waals surface area (Å²) in [6.07, 6.45) is 4.90. The number of hydrogen-bond donors (Lipinski definition) is 1. The van der Waals surface area contributed by atoms with E-state index in [1.165, 1.54) is 24.8 Å².